The van der Waals surface area contributed by atoms with E-state index in [4.69, 9.17) is 10.5 Å². The lowest BCUT2D eigenvalue weighted by atomic mass is 10.0. The molecular weight excluding hydrogens is 244 g/mol. The predicted octanol–water partition coefficient (Wildman–Crippen LogP) is 1.79. The fourth-order valence-corrected chi connectivity index (χ4v) is 1.43. The lowest BCUT2D eigenvalue weighted by Crippen LogP contribution is -2.39. The molecule has 0 spiro atoms. The van der Waals surface area contributed by atoms with Crippen LogP contribution in [0.1, 0.15) is 31.1 Å². The van der Waals surface area contributed by atoms with Crippen molar-refractivity contribution in [3.8, 4) is 0 Å². The molecule has 0 aliphatic rings. The summed E-state index contributed by atoms with van der Waals surface area (Å²) in [6.07, 6.45) is 0. The lowest BCUT2D eigenvalue weighted by molar-refractivity contribution is -0.118. The monoisotopic (exact) mass is 264 g/mol. The Labute approximate surface area is 113 Å². The second-order valence-corrected chi connectivity index (χ2v) is 4.56. The van der Waals surface area contributed by atoms with Crippen molar-refractivity contribution in [1.82, 2.24) is 0 Å². The van der Waals surface area contributed by atoms with Gasteiger partial charge in [-0.2, -0.15) is 0 Å². The highest BCUT2D eigenvalue weighted by Gasteiger charge is 2.17. The summed E-state index contributed by atoms with van der Waals surface area (Å²) in [5.74, 6) is -0.544. The van der Waals surface area contributed by atoms with Gasteiger partial charge in [0, 0.05) is 5.69 Å². The Balaban J connectivity index is 2.67. The molecule has 0 saturated heterocycles. The summed E-state index contributed by atoms with van der Waals surface area (Å²) in [5, 5.41) is 2.71. The van der Waals surface area contributed by atoms with Gasteiger partial charge in [0.2, 0.25) is 5.91 Å². The van der Waals surface area contributed by atoms with E-state index in [0.29, 0.717) is 17.9 Å². The van der Waals surface area contributed by atoms with Gasteiger partial charge >= 0.3 is 5.97 Å². The first-order chi connectivity index (χ1) is 8.95. The first-order valence-electron chi connectivity index (χ1n) is 6.29. The van der Waals surface area contributed by atoms with Gasteiger partial charge in [-0.05, 0) is 37.1 Å². The number of carbonyl (C=O) groups is 2. The fraction of sp³-hybridized carbons (Fsp3) is 0.429. The summed E-state index contributed by atoms with van der Waals surface area (Å²) in [4.78, 5) is 23.2. The molecule has 0 aliphatic heterocycles. The average Bonchev–Trinajstić information content (AvgIpc) is 2.38. The molecule has 104 valence electrons. The number of amides is 1. The number of carbonyl (C=O) groups excluding carboxylic acids is 2. The molecule has 5 heteroatoms. The summed E-state index contributed by atoms with van der Waals surface area (Å²) < 4.78 is 4.87. The van der Waals surface area contributed by atoms with Crippen LogP contribution < -0.4 is 11.1 Å². The van der Waals surface area contributed by atoms with Crippen molar-refractivity contribution in [3.05, 3.63) is 29.8 Å². The Morgan fingerprint density at radius 3 is 2.32 bits per heavy atom. The second kappa shape index (κ2) is 6.89. The highest BCUT2D eigenvalue weighted by atomic mass is 16.5. The van der Waals surface area contributed by atoms with Gasteiger partial charge in [0.1, 0.15) is 0 Å². The minimum Gasteiger partial charge on any atom is -0.462 e. The van der Waals surface area contributed by atoms with Crippen molar-refractivity contribution in [3.63, 3.8) is 0 Å². The Bertz CT molecular complexity index is 441. The van der Waals surface area contributed by atoms with Gasteiger partial charge in [0.15, 0.2) is 0 Å². The van der Waals surface area contributed by atoms with Crippen LogP contribution in [-0.4, -0.2) is 24.5 Å². The molecule has 1 rings (SSSR count). The number of nitrogens with two attached hydrogens (primary N) is 1. The van der Waals surface area contributed by atoms with E-state index in [0.717, 1.165) is 0 Å². The highest BCUT2D eigenvalue weighted by Crippen LogP contribution is 2.11. The van der Waals surface area contributed by atoms with Gasteiger partial charge in [-0.15, -0.1) is 0 Å². The quantitative estimate of drug-likeness (QED) is 0.794. The van der Waals surface area contributed by atoms with Crippen molar-refractivity contribution in [2.45, 2.75) is 26.8 Å². The molecular formula is C14H20N2O3. The number of esters is 1. The maximum absolute atomic E-state index is 11.7. The molecule has 0 saturated carbocycles. The van der Waals surface area contributed by atoms with Crippen molar-refractivity contribution in [2.24, 2.45) is 11.7 Å². The van der Waals surface area contributed by atoms with Crippen molar-refractivity contribution in [2.75, 3.05) is 11.9 Å². The molecule has 1 atom stereocenters. The normalized spacial score (nSPS) is 12.1. The topological polar surface area (TPSA) is 81.4 Å². The fourth-order valence-electron chi connectivity index (χ4n) is 1.43. The van der Waals surface area contributed by atoms with Crippen molar-refractivity contribution in [1.29, 1.82) is 0 Å². The average molecular weight is 264 g/mol. The van der Waals surface area contributed by atoms with E-state index in [1.165, 1.54) is 0 Å². The third kappa shape index (κ3) is 4.37. The van der Waals surface area contributed by atoms with Crippen molar-refractivity contribution >= 4 is 17.6 Å². The van der Waals surface area contributed by atoms with Crippen LogP contribution in [0.3, 0.4) is 0 Å². The number of hydrogen-bond donors (Lipinski definition) is 2. The number of hydrogen-bond acceptors (Lipinski definition) is 4. The zero-order chi connectivity index (χ0) is 14.4. The molecule has 19 heavy (non-hydrogen) atoms. The van der Waals surface area contributed by atoms with Crippen molar-refractivity contribution < 1.29 is 14.3 Å². The smallest absolute Gasteiger partial charge is 0.338 e. The summed E-state index contributed by atoms with van der Waals surface area (Å²) in [6, 6.07) is 5.96. The Morgan fingerprint density at radius 2 is 1.84 bits per heavy atom. The Hall–Kier alpha value is -1.88. The molecule has 0 radical (unpaired) electrons. The maximum atomic E-state index is 11.7. The van der Waals surface area contributed by atoms with E-state index in [9.17, 15) is 9.59 Å². The Morgan fingerprint density at radius 1 is 1.26 bits per heavy atom. The molecule has 5 nitrogen and oxygen atoms in total. The summed E-state index contributed by atoms with van der Waals surface area (Å²) in [5.41, 5.74) is 6.80. The van der Waals surface area contributed by atoms with E-state index in [1.54, 1.807) is 31.2 Å². The van der Waals surface area contributed by atoms with Crippen LogP contribution in [0.5, 0.6) is 0 Å². The van der Waals surface area contributed by atoms with Gasteiger partial charge in [0.25, 0.3) is 0 Å². The number of rotatable bonds is 5. The molecule has 0 aliphatic carbocycles. The largest absolute Gasteiger partial charge is 0.462 e. The minimum absolute atomic E-state index is 0.0683. The predicted molar refractivity (Wildman–Crippen MR) is 73.8 cm³/mol. The van der Waals surface area contributed by atoms with Gasteiger partial charge < -0.3 is 15.8 Å². The summed E-state index contributed by atoms with van der Waals surface area (Å²) in [6.45, 7) is 5.85. The molecule has 0 bridgehead atoms. The highest BCUT2D eigenvalue weighted by molar-refractivity contribution is 5.95. The van der Waals surface area contributed by atoms with Crippen LogP contribution in [0.4, 0.5) is 5.69 Å². The van der Waals surface area contributed by atoms with Crippen LogP contribution in [0.15, 0.2) is 24.3 Å². The SMILES string of the molecule is CCOC(=O)c1ccc(NC(=O)C(N)C(C)C)cc1. The number of ether oxygens (including phenoxy) is 1. The molecule has 1 aromatic rings. The van der Waals surface area contributed by atoms with E-state index >= 15 is 0 Å². The van der Waals surface area contributed by atoms with E-state index in [1.807, 2.05) is 13.8 Å². The Kier molecular flexibility index (Phi) is 5.51. The molecule has 1 aromatic carbocycles. The second-order valence-electron chi connectivity index (χ2n) is 4.56. The zero-order valence-electron chi connectivity index (χ0n) is 11.5. The lowest BCUT2D eigenvalue weighted by Gasteiger charge is -2.15. The van der Waals surface area contributed by atoms with E-state index < -0.39 is 6.04 Å². The third-order valence-corrected chi connectivity index (χ3v) is 2.68. The van der Waals surface area contributed by atoms with Crippen LogP contribution in [0, 0.1) is 5.92 Å². The van der Waals surface area contributed by atoms with Crippen LogP contribution in [-0.2, 0) is 9.53 Å². The standard InChI is InChI=1S/C14H20N2O3/c1-4-19-14(18)10-5-7-11(8-6-10)16-13(17)12(15)9(2)3/h5-9,12H,4,15H2,1-3H3,(H,16,17). The first kappa shape index (κ1) is 15.2. The first-order valence-corrected chi connectivity index (χ1v) is 6.29. The molecule has 1 amide bonds. The van der Waals surface area contributed by atoms with E-state index in [-0.39, 0.29) is 17.8 Å². The van der Waals surface area contributed by atoms with Crippen LogP contribution in [0.2, 0.25) is 0 Å². The molecule has 3 N–H and O–H groups in total. The third-order valence-electron chi connectivity index (χ3n) is 2.68. The molecule has 0 heterocycles. The molecule has 0 aromatic heterocycles. The summed E-state index contributed by atoms with van der Waals surface area (Å²) >= 11 is 0. The maximum Gasteiger partial charge on any atom is 0.338 e. The van der Waals surface area contributed by atoms with Gasteiger partial charge in [-0.3, -0.25) is 4.79 Å². The number of anilines is 1. The summed E-state index contributed by atoms with van der Waals surface area (Å²) in [7, 11) is 0. The number of benzene rings is 1. The van der Waals surface area contributed by atoms with E-state index in [2.05, 4.69) is 5.32 Å². The van der Waals surface area contributed by atoms with Crippen LogP contribution in [0.25, 0.3) is 0 Å². The zero-order valence-corrected chi connectivity index (χ0v) is 11.5. The molecule has 1 unspecified atom stereocenters. The molecule has 0 fully saturated rings. The minimum atomic E-state index is -0.551. The number of nitrogens with one attached hydrogen (secondary N) is 1. The van der Waals surface area contributed by atoms with Crippen LogP contribution >= 0.6 is 0 Å². The van der Waals surface area contributed by atoms with Gasteiger partial charge in [0.05, 0.1) is 18.2 Å². The van der Waals surface area contributed by atoms with Gasteiger partial charge in [-0.25, -0.2) is 4.79 Å². The van der Waals surface area contributed by atoms with Gasteiger partial charge in [-0.1, -0.05) is 13.8 Å².